The van der Waals surface area contributed by atoms with Crippen LogP contribution in [0.3, 0.4) is 0 Å². The van der Waals surface area contributed by atoms with Gasteiger partial charge in [-0.1, -0.05) is 18.2 Å². The summed E-state index contributed by atoms with van der Waals surface area (Å²) in [7, 11) is 0.978. The zero-order valence-electron chi connectivity index (χ0n) is 8.26. The average Bonchev–Trinajstić information content (AvgIpc) is 2.05. The molecule has 0 fully saturated rings. The number of hydrogen-bond donors (Lipinski definition) is 1. The van der Waals surface area contributed by atoms with E-state index in [1.165, 1.54) is 10.9 Å². The molecule has 12 heavy (non-hydrogen) atoms. The summed E-state index contributed by atoms with van der Waals surface area (Å²) in [6, 6.07) is 8.60. The molecule has 0 heterocycles. The molecule has 1 aromatic carbocycles. The molecular weight excluding hydrogens is 165 g/mol. The molecule has 1 nitrogen and oxygen atoms in total. The molecule has 66 valence electrons. The standard InChI is InChI=1S/C10H17NP/c1-9-7-5-6-8-10(9)12(3,4)11-2/h5-8,11H,1-4H3/q+1. The molecule has 0 aliphatic heterocycles. The summed E-state index contributed by atoms with van der Waals surface area (Å²) >= 11 is 0. The van der Waals surface area contributed by atoms with E-state index in [0.29, 0.717) is 0 Å². The Kier molecular flexibility index (Phi) is 2.87. The normalized spacial score (nSPS) is 11.7. The first kappa shape index (κ1) is 9.70. The lowest BCUT2D eigenvalue weighted by Crippen LogP contribution is -2.22. The highest BCUT2D eigenvalue weighted by Gasteiger charge is 2.27. The van der Waals surface area contributed by atoms with Crippen LogP contribution in [0.15, 0.2) is 24.3 Å². The van der Waals surface area contributed by atoms with Gasteiger partial charge >= 0.3 is 0 Å². The molecule has 0 radical (unpaired) electrons. The lowest BCUT2D eigenvalue weighted by atomic mass is 10.2. The summed E-state index contributed by atoms with van der Waals surface area (Å²) in [4.78, 5) is 0. The van der Waals surface area contributed by atoms with Crippen molar-refractivity contribution in [2.75, 3.05) is 20.4 Å². The predicted octanol–water partition coefficient (Wildman–Crippen LogP) is 2.03. The average molecular weight is 182 g/mol. The molecule has 0 atom stereocenters. The van der Waals surface area contributed by atoms with Crippen LogP contribution in [-0.4, -0.2) is 20.4 Å². The van der Waals surface area contributed by atoms with E-state index in [0.717, 1.165) is 0 Å². The first-order valence-electron chi connectivity index (χ1n) is 4.17. The fourth-order valence-electron chi connectivity index (χ4n) is 1.31. The molecule has 0 aliphatic rings. The molecule has 0 aromatic heterocycles. The van der Waals surface area contributed by atoms with E-state index in [-0.39, 0.29) is 0 Å². The smallest absolute Gasteiger partial charge is 0.114 e. The number of nitrogens with one attached hydrogen (secondary N) is 1. The Morgan fingerprint density at radius 2 is 1.75 bits per heavy atom. The molecule has 0 saturated carbocycles. The van der Waals surface area contributed by atoms with E-state index in [9.17, 15) is 0 Å². The van der Waals surface area contributed by atoms with Crippen molar-refractivity contribution in [3.8, 4) is 0 Å². The second-order valence-electron chi connectivity index (χ2n) is 3.46. The van der Waals surface area contributed by atoms with Gasteiger partial charge in [0.15, 0.2) is 0 Å². The predicted molar refractivity (Wildman–Crippen MR) is 58.6 cm³/mol. The van der Waals surface area contributed by atoms with Crippen LogP contribution in [0, 0.1) is 6.92 Å². The van der Waals surface area contributed by atoms with Crippen LogP contribution >= 0.6 is 7.41 Å². The Bertz CT molecular complexity index is 268. The van der Waals surface area contributed by atoms with Crippen LogP contribution < -0.4 is 10.4 Å². The van der Waals surface area contributed by atoms with Crippen LogP contribution in [0.4, 0.5) is 0 Å². The highest BCUT2D eigenvalue weighted by atomic mass is 31.2. The highest BCUT2D eigenvalue weighted by molar-refractivity contribution is 7.79. The summed E-state index contributed by atoms with van der Waals surface area (Å²) in [5.41, 5.74) is 1.39. The van der Waals surface area contributed by atoms with E-state index in [2.05, 4.69) is 49.6 Å². The van der Waals surface area contributed by atoms with Gasteiger partial charge in [-0.2, -0.15) is 5.09 Å². The monoisotopic (exact) mass is 182 g/mol. The second kappa shape index (κ2) is 3.55. The molecule has 1 aromatic rings. The third kappa shape index (κ3) is 1.85. The molecule has 0 amide bonds. The first-order chi connectivity index (χ1) is 5.58. The highest BCUT2D eigenvalue weighted by Crippen LogP contribution is 2.44. The van der Waals surface area contributed by atoms with Crippen molar-refractivity contribution in [1.29, 1.82) is 0 Å². The minimum atomic E-state index is -1.06. The third-order valence-electron chi connectivity index (χ3n) is 2.28. The van der Waals surface area contributed by atoms with Crippen molar-refractivity contribution in [2.24, 2.45) is 0 Å². The van der Waals surface area contributed by atoms with E-state index >= 15 is 0 Å². The van der Waals surface area contributed by atoms with Gasteiger partial charge < -0.3 is 0 Å². The third-order valence-corrected chi connectivity index (χ3v) is 5.10. The fraction of sp³-hybridized carbons (Fsp3) is 0.400. The topological polar surface area (TPSA) is 12.0 Å². The number of benzene rings is 1. The van der Waals surface area contributed by atoms with Gasteiger partial charge in [0, 0.05) is 7.05 Å². The van der Waals surface area contributed by atoms with Crippen molar-refractivity contribution in [2.45, 2.75) is 6.92 Å². The summed E-state index contributed by atoms with van der Waals surface area (Å²) in [6.07, 6.45) is 0. The maximum absolute atomic E-state index is 3.41. The summed E-state index contributed by atoms with van der Waals surface area (Å²) in [5, 5.41) is 4.89. The Hall–Kier alpha value is -0.390. The van der Waals surface area contributed by atoms with Gasteiger partial charge in [-0.15, -0.1) is 0 Å². The van der Waals surface area contributed by atoms with Crippen molar-refractivity contribution in [3.63, 3.8) is 0 Å². The van der Waals surface area contributed by atoms with Crippen LogP contribution in [0.5, 0.6) is 0 Å². The Balaban J connectivity index is 3.10. The molecule has 2 heteroatoms. The van der Waals surface area contributed by atoms with Crippen LogP contribution in [0.1, 0.15) is 5.56 Å². The van der Waals surface area contributed by atoms with Crippen LogP contribution in [0.25, 0.3) is 0 Å². The molecule has 1 rings (SSSR count). The van der Waals surface area contributed by atoms with Gasteiger partial charge in [0.1, 0.15) is 12.7 Å². The number of rotatable bonds is 2. The minimum absolute atomic E-state index is 1.06. The van der Waals surface area contributed by atoms with Gasteiger partial charge in [0.25, 0.3) is 0 Å². The SMILES string of the molecule is CN[P+](C)(C)c1ccccc1C. The zero-order chi connectivity index (χ0) is 9.19. The molecule has 0 unspecified atom stereocenters. The van der Waals surface area contributed by atoms with E-state index in [1.807, 2.05) is 7.05 Å². The van der Waals surface area contributed by atoms with E-state index in [1.54, 1.807) is 0 Å². The maximum Gasteiger partial charge on any atom is 0.114 e. The number of hydrogen-bond acceptors (Lipinski definition) is 1. The van der Waals surface area contributed by atoms with Gasteiger partial charge in [0.05, 0.1) is 13.3 Å². The Labute approximate surface area is 75.6 Å². The molecule has 0 saturated heterocycles. The molecule has 0 spiro atoms. The van der Waals surface area contributed by atoms with Crippen molar-refractivity contribution in [3.05, 3.63) is 29.8 Å². The van der Waals surface area contributed by atoms with Gasteiger partial charge in [-0.3, -0.25) is 0 Å². The lowest BCUT2D eigenvalue weighted by Gasteiger charge is -2.17. The van der Waals surface area contributed by atoms with Crippen molar-refractivity contribution in [1.82, 2.24) is 5.09 Å². The lowest BCUT2D eigenvalue weighted by molar-refractivity contribution is 1.25. The van der Waals surface area contributed by atoms with Gasteiger partial charge in [-0.25, -0.2) is 0 Å². The summed E-state index contributed by atoms with van der Waals surface area (Å²) in [6.45, 7) is 6.78. The second-order valence-corrected chi connectivity index (χ2v) is 7.30. The summed E-state index contributed by atoms with van der Waals surface area (Å²) in [5.74, 6) is 0. The van der Waals surface area contributed by atoms with E-state index < -0.39 is 7.41 Å². The first-order valence-corrected chi connectivity index (χ1v) is 6.85. The summed E-state index contributed by atoms with van der Waals surface area (Å²) < 4.78 is 0. The van der Waals surface area contributed by atoms with Gasteiger partial charge in [-0.05, 0) is 18.6 Å². The van der Waals surface area contributed by atoms with Gasteiger partial charge in [0.2, 0.25) is 0 Å². The molecule has 0 aliphatic carbocycles. The molecule has 1 N–H and O–H groups in total. The van der Waals surface area contributed by atoms with Crippen molar-refractivity contribution < 1.29 is 0 Å². The van der Waals surface area contributed by atoms with Crippen molar-refractivity contribution >= 4 is 12.7 Å². The van der Waals surface area contributed by atoms with Crippen LogP contribution in [0.2, 0.25) is 0 Å². The minimum Gasteiger partial charge on any atom is -0.191 e. The van der Waals surface area contributed by atoms with E-state index in [4.69, 9.17) is 0 Å². The fourth-order valence-corrected chi connectivity index (χ4v) is 2.97. The quantitative estimate of drug-likeness (QED) is 0.690. The zero-order valence-corrected chi connectivity index (χ0v) is 9.15. The Morgan fingerprint density at radius 3 is 2.25 bits per heavy atom. The van der Waals surface area contributed by atoms with Crippen LogP contribution in [-0.2, 0) is 0 Å². The Morgan fingerprint density at radius 1 is 1.17 bits per heavy atom. The number of aryl methyl sites for hydroxylation is 1. The maximum atomic E-state index is 3.41. The molecular formula is C10H17NP+. The molecule has 0 bridgehead atoms. The largest absolute Gasteiger partial charge is 0.191 e.